The summed E-state index contributed by atoms with van der Waals surface area (Å²) in [6.07, 6.45) is 2.98. The number of carbonyl (C=O) groups is 3. The first-order valence-corrected chi connectivity index (χ1v) is 10.0. The third kappa shape index (κ3) is 7.04. The molecule has 1 aliphatic heterocycles. The van der Waals surface area contributed by atoms with E-state index in [1.165, 1.54) is 6.20 Å². The van der Waals surface area contributed by atoms with Crippen LogP contribution >= 0.6 is 11.6 Å². The largest absolute Gasteiger partial charge is 0.483 e. The minimum absolute atomic E-state index is 0.164. The van der Waals surface area contributed by atoms with Crippen LogP contribution in [0.15, 0.2) is 29.2 Å². The maximum atomic E-state index is 12.9. The van der Waals surface area contributed by atoms with Crippen LogP contribution in [0.3, 0.4) is 0 Å². The van der Waals surface area contributed by atoms with Gasteiger partial charge in [-0.25, -0.2) is 0 Å². The lowest BCUT2D eigenvalue weighted by Crippen LogP contribution is -2.52. The van der Waals surface area contributed by atoms with Gasteiger partial charge in [-0.1, -0.05) is 11.6 Å². The molecule has 0 unspecified atom stereocenters. The predicted octanol–water partition coefficient (Wildman–Crippen LogP) is 1.77. The molecule has 0 radical (unpaired) electrons. The van der Waals surface area contributed by atoms with Gasteiger partial charge >= 0.3 is 0 Å². The van der Waals surface area contributed by atoms with Crippen molar-refractivity contribution in [3.63, 3.8) is 0 Å². The molecule has 2 aromatic rings. The molecule has 32 heavy (non-hydrogen) atoms. The highest BCUT2D eigenvalue weighted by Gasteiger charge is 2.37. The van der Waals surface area contributed by atoms with Crippen molar-refractivity contribution in [3.05, 3.63) is 45.2 Å². The maximum Gasteiger partial charge on any atom is 0.290 e. The molecule has 1 fully saturated rings. The number of ether oxygens (including phenoxy) is 1. The number of nitrogens with one attached hydrogen (secondary N) is 1. The highest BCUT2D eigenvalue weighted by molar-refractivity contribution is 6.31. The van der Waals surface area contributed by atoms with Crippen LogP contribution in [0.25, 0.3) is 10.9 Å². The molecule has 1 amide bonds. The van der Waals surface area contributed by atoms with Crippen molar-refractivity contribution in [2.75, 3.05) is 40.8 Å². The van der Waals surface area contributed by atoms with Crippen LogP contribution in [0.4, 0.5) is 0 Å². The van der Waals surface area contributed by atoms with E-state index in [1.54, 1.807) is 30.2 Å². The first-order chi connectivity index (χ1) is 15.2. The first kappa shape index (κ1) is 27.1. The normalized spacial score (nSPS) is 14.6. The topological polar surface area (TPSA) is 140 Å². The summed E-state index contributed by atoms with van der Waals surface area (Å²) in [7, 11) is 5.75. The summed E-state index contributed by atoms with van der Waals surface area (Å²) in [4.78, 5) is 49.2. The summed E-state index contributed by atoms with van der Waals surface area (Å²) in [5, 5.41) is 14.8. The van der Waals surface area contributed by atoms with E-state index in [2.05, 4.69) is 9.88 Å². The SMILES string of the molecule is COC1(CN(C)C)CCN(C(=O)c2c[nH]c3cc(Cl)ccc3c2=O)CC1.O=CO.O=CO. The van der Waals surface area contributed by atoms with Crippen LogP contribution in [0.1, 0.15) is 23.2 Å². The molecule has 0 spiro atoms. The Balaban J connectivity index is 0.000000769. The van der Waals surface area contributed by atoms with Crippen molar-refractivity contribution in [1.29, 1.82) is 0 Å². The number of fused-ring (bicyclic) bond motifs is 1. The van der Waals surface area contributed by atoms with E-state index in [0.717, 1.165) is 19.4 Å². The fourth-order valence-electron chi connectivity index (χ4n) is 3.64. The van der Waals surface area contributed by atoms with Crippen LogP contribution in [0.5, 0.6) is 0 Å². The Hall–Kier alpha value is -2.95. The number of aromatic nitrogens is 1. The standard InChI is InChI=1S/C19H24ClN3O3.2CH2O2/c1-22(2)12-19(26-3)6-8-23(9-7-19)18(25)15-11-21-16-10-13(20)4-5-14(16)17(15)24;2*2-1-3/h4-5,10-11H,6-9,12H2,1-3H3,(H,21,24);2*1H,(H,2,3). The molecule has 1 aliphatic rings. The van der Waals surface area contributed by atoms with Gasteiger partial charge in [-0.3, -0.25) is 19.2 Å². The van der Waals surface area contributed by atoms with Crippen LogP contribution in [-0.4, -0.2) is 90.3 Å². The summed E-state index contributed by atoms with van der Waals surface area (Å²) in [5.74, 6) is -0.238. The molecule has 3 rings (SSSR count). The zero-order valence-electron chi connectivity index (χ0n) is 18.2. The second kappa shape index (κ2) is 12.8. The van der Waals surface area contributed by atoms with Gasteiger partial charge in [-0.05, 0) is 45.1 Å². The van der Waals surface area contributed by atoms with Gasteiger partial charge < -0.3 is 29.7 Å². The smallest absolute Gasteiger partial charge is 0.290 e. The summed E-state index contributed by atoms with van der Waals surface area (Å²) < 4.78 is 5.76. The van der Waals surface area contributed by atoms with Crippen molar-refractivity contribution in [2.45, 2.75) is 18.4 Å². The molecule has 11 heteroatoms. The van der Waals surface area contributed by atoms with Crippen LogP contribution in [-0.2, 0) is 14.3 Å². The molecule has 0 atom stereocenters. The molecule has 0 saturated carbocycles. The van der Waals surface area contributed by atoms with Crippen molar-refractivity contribution >= 4 is 41.4 Å². The lowest BCUT2D eigenvalue weighted by atomic mass is 9.90. The highest BCUT2D eigenvalue weighted by Crippen LogP contribution is 2.27. The minimum atomic E-state index is -0.266. The number of hydrogen-bond acceptors (Lipinski definition) is 6. The quantitative estimate of drug-likeness (QED) is 0.575. The number of likely N-dealkylation sites (tertiary alicyclic amines) is 1. The molecule has 1 aromatic heterocycles. The van der Waals surface area contributed by atoms with Crippen LogP contribution in [0, 0.1) is 0 Å². The van der Waals surface area contributed by atoms with Gasteiger partial charge in [0.25, 0.3) is 18.9 Å². The monoisotopic (exact) mass is 469 g/mol. The molecule has 1 aromatic carbocycles. The highest BCUT2D eigenvalue weighted by atomic mass is 35.5. The Morgan fingerprint density at radius 1 is 1.25 bits per heavy atom. The number of aromatic amines is 1. The van der Waals surface area contributed by atoms with Crippen molar-refractivity contribution in [3.8, 4) is 0 Å². The number of benzene rings is 1. The molecule has 1 saturated heterocycles. The Bertz CT molecular complexity index is 964. The van der Waals surface area contributed by atoms with Gasteiger partial charge in [-0.15, -0.1) is 0 Å². The van der Waals surface area contributed by atoms with Crippen LogP contribution < -0.4 is 5.43 Å². The summed E-state index contributed by atoms with van der Waals surface area (Å²) in [6.45, 7) is 1.44. The van der Waals surface area contributed by atoms with E-state index in [1.807, 2.05) is 14.1 Å². The molecule has 176 valence electrons. The average Bonchev–Trinajstić information content (AvgIpc) is 2.74. The number of methoxy groups -OCH3 is 1. The van der Waals surface area contributed by atoms with E-state index in [9.17, 15) is 9.59 Å². The number of halogens is 1. The molecular formula is C21H28ClN3O7. The number of carboxylic acid groups (broad SMARTS) is 2. The number of H-pyrrole nitrogens is 1. The minimum Gasteiger partial charge on any atom is -0.483 e. The van der Waals surface area contributed by atoms with E-state index in [-0.39, 0.29) is 35.4 Å². The van der Waals surface area contributed by atoms with E-state index in [0.29, 0.717) is 29.0 Å². The van der Waals surface area contributed by atoms with Gasteiger partial charge in [0.05, 0.1) is 11.1 Å². The zero-order chi connectivity index (χ0) is 24.3. The Morgan fingerprint density at radius 3 is 2.31 bits per heavy atom. The number of rotatable bonds is 4. The van der Waals surface area contributed by atoms with Crippen molar-refractivity contribution < 1.29 is 29.3 Å². The number of piperidine rings is 1. The summed E-state index contributed by atoms with van der Waals surface area (Å²) in [5.41, 5.74) is 0.282. The van der Waals surface area contributed by atoms with Gasteiger partial charge in [-0.2, -0.15) is 0 Å². The van der Waals surface area contributed by atoms with Crippen molar-refractivity contribution in [2.24, 2.45) is 0 Å². The molecule has 10 nitrogen and oxygen atoms in total. The third-order valence-electron chi connectivity index (χ3n) is 5.07. The maximum absolute atomic E-state index is 12.9. The van der Waals surface area contributed by atoms with Gasteiger partial charge in [0.2, 0.25) is 5.43 Å². The Kier molecular flexibility index (Phi) is 10.8. The first-order valence-electron chi connectivity index (χ1n) is 9.64. The second-order valence-corrected chi connectivity index (χ2v) is 7.79. The number of nitrogens with zero attached hydrogens (tertiary/aromatic N) is 2. The Labute approximate surface area is 190 Å². The summed E-state index contributed by atoms with van der Waals surface area (Å²) in [6, 6.07) is 4.99. The Morgan fingerprint density at radius 2 is 1.81 bits per heavy atom. The van der Waals surface area contributed by atoms with Crippen LogP contribution in [0.2, 0.25) is 5.02 Å². The third-order valence-corrected chi connectivity index (χ3v) is 5.31. The molecule has 0 aliphatic carbocycles. The number of carbonyl (C=O) groups excluding carboxylic acids is 1. The number of likely N-dealkylation sites (N-methyl/N-ethyl adjacent to an activating group) is 1. The molecule has 2 heterocycles. The number of pyridine rings is 1. The fraction of sp³-hybridized carbons (Fsp3) is 0.429. The predicted molar refractivity (Wildman–Crippen MR) is 120 cm³/mol. The van der Waals surface area contributed by atoms with Gasteiger partial charge in [0, 0.05) is 43.3 Å². The zero-order valence-corrected chi connectivity index (χ0v) is 19.0. The van der Waals surface area contributed by atoms with Gasteiger partial charge in [0.15, 0.2) is 0 Å². The second-order valence-electron chi connectivity index (χ2n) is 7.35. The van der Waals surface area contributed by atoms with Crippen molar-refractivity contribution in [1.82, 2.24) is 14.8 Å². The van der Waals surface area contributed by atoms with E-state index < -0.39 is 0 Å². The average molecular weight is 470 g/mol. The molecule has 0 bridgehead atoms. The molecular weight excluding hydrogens is 442 g/mol. The lowest BCUT2D eigenvalue weighted by molar-refractivity contribution is -0.123. The fourth-order valence-corrected chi connectivity index (χ4v) is 3.82. The number of hydrogen-bond donors (Lipinski definition) is 3. The van der Waals surface area contributed by atoms with Gasteiger partial charge in [0.1, 0.15) is 5.56 Å². The van der Waals surface area contributed by atoms with E-state index >= 15 is 0 Å². The number of amides is 1. The molecule has 3 N–H and O–H groups in total. The summed E-state index contributed by atoms with van der Waals surface area (Å²) >= 11 is 5.96. The van der Waals surface area contributed by atoms with E-state index in [4.69, 9.17) is 36.1 Å². The lowest BCUT2D eigenvalue weighted by Gasteiger charge is -2.42.